The third-order valence-corrected chi connectivity index (χ3v) is 3.76. The summed E-state index contributed by atoms with van der Waals surface area (Å²) in [5.41, 5.74) is 1.79. The van der Waals surface area contributed by atoms with Crippen molar-refractivity contribution in [1.82, 2.24) is 14.9 Å². The zero-order valence-electron chi connectivity index (χ0n) is 14.0. The molecule has 0 atom stereocenters. The lowest BCUT2D eigenvalue weighted by Crippen LogP contribution is -1.97. The first-order valence-electron chi connectivity index (χ1n) is 7.81. The highest BCUT2D eigenvalue weighted by atomic mass is 32.1. The quantitative estimate of drug-likeness (QED) is 0.539. The first kappa shape index (κ1) is 16.9. The molecule has 25 heavy (non-hydrogen) atoms. The number of H-pyrrole nitrogens is 1. The largest absolute Gasteiger partial charge is 0.493 e. The predicted molar refractivity (Wildman–Crippen MR) is 100 cm³/mol. The second-order valence-corrected chi connectivity index (χ2v) is 5.50. The highest BCUT2D eigenvalue weighted by molar-refractivity contribution is 7.71. The topological polar surface area (TPSA) is 64.4 Å². The van der Waals surface area contributed by atoms with Crippen molar-refractivity contribution in [3.63, 3.8) is 0 Å². The highest BCUT2D eigenvalue weighted by Gasteiger charge is 2.08. The molecule has 0 spiro atoms. The number of aromatic nitrogens is 3. The van der Waals surface area contributed by atoms with Gasteiger partial charge in [-0.1, -0.05) is 30.3 Å². The number of nitrogens with zero attached hydrogens (tertiary/aromatic N) is 3. The average molecular weight is 354 g/mol. The van der Waals surface area contributed by atoms with Crippen LogP contribution >= 0.6 is 12.2 Å². The van der Waals surface area contributed by atoms with Crippen LogP contribution in [-0.4, -0.2) is 34.8 Å². The summed E-state index contributed by atoms with van der Waals surface area (Å²) in [5.74, 6) is 2.01. The van der Waals surface area contributed by atoms with E-state index in [1.807, 2.05) is 55.5 Å². The van der Waals surface area contributed by atoms with Crippen molar-refractivity contribution in [3.05, 3.63) is 58.9 Å². The molecule has 128 valence electrons. The van der Waals surface area contributed by atoms with Gasteiger partial charge in [-0.25, -0.2) is 5.10 Å². The van der Waals surface area contributed by atoms with Crippen molar-refractivity contribution >= 4 is 18.4 Å². The van der Waals surface area contributed by atoms with Gasteiger partial charge in [0.15, 0.2) is 17.3 Å². The zero-order valence-corrected chi connectivity index (χ0v) is 14.8. The fourth-order valence-electron chi connectivity index (χ4n) is 2.34. The molecule has 6 nitrogen and oxygen atoms in total. The molecule has 3 rings (SSSR count). The first-order chi connectivity index (χ1) is 12.2. The van der Waals surface area contributed by atoms with E-state index < -0.39 is 0 Å². The van der Waals surface area contributed by atoms with Crippen LogP contribution in [-0.2, 0) is 0 Å². The number of nitrogens with one attached hydrogen (secondary N) is 1. The number of methoxy groups -OCH3 is 1. The Morgan fingerprint density at radius 1 is 1.20 bits per heavy atom. The van der Waals surface area contributed by atoms with Crippen LogP contribution in [0.25, 0.3) is 11.4 Å². The summed E-state index contributed by atoms with van der Waals surface area (Å²) in [4.78, 5) is 0. The van der Waals surface area contributed by atoms with Crippen LogP contribution < -0.4 is 9.47 Å². The summed E-state index contributed by atoms with van der Waals surface area (Å²) in [6.45, 7) is 2.51. The van der Waals surface area contributed by atoms with Gasteiger partial charge in [0.25, 0.3) is 0 Å². The SMILES string of the molecule is CCOc1ccc(/C=N/n2c(-c3ccccc3)n[nH]c2=S)cc1OC. The lowest BCUT2D eigenvalue weighted by atomic mass is 10.2. The molecule has 0 amide bonds. The summed E-state index contributed by atoms with van der Waals surface area (Å²) in [6, 6.07) is 15.4. The van der Waals surface area contributed by atoms with E-state index in [1.54, 1.807) is 18.0 Å². The second-order valence-electron chi connectivity index (χ2n) is 5.12. The minimum absolute atomic E-state index is 0.424. The molecule has 0 unspecified atom stereocenters. The van der Waals surface area contributed by atoms with Gasteiger partial charge in [-0.2, -0.15) is 14.9 Å². The monoisotopic (exact) mass is 354 g/mol. The van der Waals surface area contributed by atoms with Crippen molar-refractivity contribution in [2.75, 3.05) is 13.7 Å². The Labute approximate surface area is 150 Å². The van der Waals surface area contributed by atoms with Crippen LogP contribution in [0, 0.1) is 4.77 Å². The zero-order chi connectivity index (χ0) is 17.6. The molecule has 0 aliphatic carbocycles. The van der Waals surface area contributed by atoms with E-state index >= 15 is 0 Å². The molecule has 0 saturated carbocycles. The molecule has 2 aromatic carbocycles. The summed E-state index contributed by atoms with van der Waals surface area (Å²) in [5, 5.41) is 11.5. The van der Waals surface area contributed by atoms with Gasteiger partial charge >= 0.3 is 0 Å². The first-order valence-corrected chi connectivity index (χ1v) is 8.21. The molecule has 1 aromatic heterocycles. The molecule has 0 aliphatic rings. The van der Waals surface area contributed by atoms with Crippen molar-refractivity contribution in [2.45, 2.75) is 6.92 Å². The molecular weight excluding hydrogens is 336 g/mol. The number of hydrogen-bond donors (Lipinski definition) is 1. The summed E-state index contributed by atoms with van der Waals surface area (Å²) < 4.78 is 12.9. The molecule has 0 aliphatic heterocycles. The van der Waals surface area contributed by atoms with Crippen LogP contribution in [0.5, 0.6) is 11.5 Å². The van der Waals surface area contributed by atoms with Gasteiger partial charge in [0, 0.05) is 5.56 Å². The molecule has 0 fully saturated rings. The maximum absolute atomic E-state index is 5.52. The van der Waals surface area contributed by atoms with Crippen molar-refractivity contribution in [3.8, 4) is 22.9 Å². The van der Waals surface area contributed by atoms with Crippen LogP contribution in [0.2, 0.25) is 0 Å². The van der Waals surface area contributed by atoms with Gasteiger partial charge in [0.1, 0.15) is 0 Å². The van der Waals surface area contributed by atoms with Gasteiger partial charge in [0.05, 0.1) is 19.9 Å². The number of rotatable bonds is 6. The van der Waals surface area contributed by atoms with Crippen LogP contribution in [0.3, 0.4) is 0 Å². The van der Waals surface area contributed by atoms with E-state index in [9.17, 15) is 0 Å². The van der Waals surface area contributed by atoms with Gasteiger partial charge < -0.3 is 9.47 Å². The maximum Gasteiger partial charge on any atom is 0.216 e. The second kappa shape index (κ2) is 7.76. The van der Waals surface area contributed by atoms with E-state index in [1.165, 1.54) is 0 Å². The highest BCUT2D eigenvalue weighted by Crippen LogP contribution is 2.27. The lowest BCUT2D eigenvalue weighted by molar-refractivity contribution is 0.311. The van der Waals surface area contributed by atoms with E-state index in [4.69, 9.17) is 21.7 Å². The van der Waals surface area contributed by atoms with Gasteiger partial charge in [0.2, 0.25) is 4.77 Å². The Hall–Kier alpha value is -2.93. The van der Waals surface area contributed by atoms with E-state index in [2.05, 4.69) is 15.3 Å². The van der Waals surface area contributed by atoms with E-state index in [0.717, 1.165) is 11.1 Å². The standard InChI is InChI=1S/C18H18N4O2S/c1-3-24-15-10-9-13(11-16(15)23-2)12-19-22-17(20-21-18(22)25)14-7-5-4-6-8-14/h4-12H,3H2,1-2H3,(H,21,25)/b19-12+. The van der Waals surface area contributed by atoms with E-state index in [0.29, 0.717) is 28.7 Å². The lowest BCUT2D eigenvalue weighted by Gasteiger charge is -2.09. The fourth-order valence-corrected chi connectivity index (χ4v) is 2.52. The third-order valence-electron chi connectivity index (χ3n) is 3.49. The number of benzene rings is 2. The Bertz CT molecular complexity index is 932. The fraction of sp³-hybridized carbons (Fsp3) is 0.167. The number of ether oxygens (including phenoxy) is 2. The summed E-state index contributed by atoms with van der Waals surface area (Å²) >= 11 is 5.28. The van der Waals surface area contributed by atoms with Crippen molar-refractivity contribution < 1.29 is 9.47 Å². The Balaban J connectivity index is 1.93. The molecule has 1 N–H and O–H groups in total. The smallest absolute Gasteiger partial charge is 0.216 e. The van der Waals surface area contributed by atoms with Crippen LogP contribution in [0.1, 0.15) is 12.5 Å². The Morgan fingerprint density at radius 2 is 2.00 bits per heavy atom. The number of aromatic amines is 1. The molecular formula is C18H18N4O2S. The molecule has 0 saturated heterocycles. The van der Waals surface area contributed by atoms with Crippen molar-refractivity contribution in [2.24, 2.45) is 5.10 Å². The normalized spacial score (nSPS) is 11.0. The van der Waals surface area contributed by atoms with Crippen LogP contribution in [0.15, 0.2) is 53.6 Å². The molecule has 3 aromatic rings. The van der Waals surface area contributed by atoms with Crippen molar-refractivity contribution in [1.29, 1.82) is 0 Å². The Kier molecular flexibility index (Phi) is 5.25. The summed E-state index contributed by atoms with van der Waals surface area (Å²) in [6.07, 6.45) is 1.70. The minimum atomic E-state index is 0.424. The van der Waals surface area contributed by atoms with Gasteiger partial charge in [-0.3, -0.25) is 0 Å². The molecule has 0 bridgehead atoms. The number of hydrogen-bond acceptors (Lipinski definition) is 5. The molecule has 1 heterocycles. The average Bonchev–Trinajstić information content (AvgIpc) is 3.02. The molecule has 7 heteroatoms. The Morgan fingerprint density at radius 3 is 2.72 bits per heavy atom. The van der Waals surface area contributed by atoms with E-state index in [-0.39, 0.29) is 0 Å². The van der Waals surface area contributed by atoms with Gasteiger partial charge in [-0.15, -0.1) is 0 Å². The predicted octanol–water partition coefficient (Wildman–Crippen LogP) is 3.90. The minimum Gasteiger partial charge on any atom is -0.493 e. The third kappa shape index (κ3) is 3.77. The van der Waals surface area contributed by atoms with Gasteiger partial charge in [-0.05, 0) is 42.9 Å². The molecule has 0 radical (unpaired) electrons. The van der Waals surface area contributed by atoms with Crippen LogP contribution in [0.4, 0.5) is 0 Å². The maximum atomic E-state index is 5.52. The summed E-state index contributed by atoms with van der Waals surface area (Å²) in [7, 11) is 1.61.